The van der Waals surface area contributed by atoms with Gasteiger partial charge < -0.3 is 5.32 Å². The van der Waals surface area contributed by atoms with Crippen molar-refractivity contribution in [3.05, 3.63) is 19.2 Å². The quantitative estimate of drug-likeness (QED) is 0.836. The number of carbonyl (C=O) groups is 1. The summed E-state index contributed by atoms with van der Waals surface area (Å²) in [5.74, 6) is -0.00192. The Morgan fingerprint density at radius 1 is 1.50 bits per heavy atom. The van der Waals surface area contributed by atoms with Crippen LogP contribution in [0.25, 0.3) is 0 Å². The van der Waals surface area contributed by atoms with Gasteiger partial charge in [-0.1, -0.05) is 20.8 Å². The molecule has 0 aliphatic heterocycles. The molecule has 1 aromatic heterocycles. The summed E-state index contributed by atoms with van der Waals surface area (Å²) in [5.41, 5.74) is 0.154. The highest BCUT2D eigenvalue weighted by Crippen LogP contribution is 2.32. The van der Waals surface area contributed by atoms with Crippen LogP contribution in [0.4, 0.5) is 0 Å². The Labute approximate surface area is 117 Å². The van der Waals surface area contributed by atoms with Crippen molar-refractivity contribution in [3.63, 3.8) is 0 Å². The molecule has 0 aliphatic rings. The van der Waals surface area contributed by atoms with Gasteiger partial charge in [-0.05, 0) is 49.8 Å². The number of nitrogens with one attached hydrogen (secondary N) is 1. The summed E-state index contributed by atoms with van der Waals surface area (Å²) in [7, 11) is 0. The number of thiophene rings is 1. The first-order chi connectivity index (χ1) is 7.35. The number of carbonyl (C=O) groups excluding carboxylic acids is 1. The fourth-order valence-corrected chi connectivity index (χ4v) is 2.94. The van der Waals surface area contributed by atoms with Crippen LogP contribution in [-0.4, -0.2) is 12.5 Å². The molecule has 1 aromatic rings. The molecule has 1 heterocycles. The zero-order chi connectivity index (χ0) is 12.3. The zero-order valence-corrected chi connectivity index (χ0v) is 13.6. The normalized spacial score (nSPS) is 11.6. The van der Waals surface area contributed by atoms with Crippen molar-refractivity contribution in [2.24, 2.45) is 5.41 Å². The van der Waals surface area contributed by atoms with Gasteiger partial charge in [0.1, 0.15) is 0 Å². The van der Waals surface area contributed by atoms with Crippen molar-refractivity contribution >= 4 is 49.1 Å². The molecule has 0 radical (unpaired) electrons. The summed E-state index contributed by atoms with van der Waals surface area (Å²) in [4.78, 5) is 12.6. The van der Waals surface area contributed by atoms with Crippen molar-refractivity contribution in [2.45, 2.75) is 27.2 Å². The number of hydrogen-bond donors (Lipinski definition) is 1. The van der Waals surface area contributed by atoms with Gasteiger partial charge >= 0.3 is 0 Å². The van der Waals surface area contributed by atoms with E-state index in [1.165, 1.54) is 11.3 Å². The Kier molecular flexibility index (Phi) is 5.01. The predicted molar refractivity (Wildman–Crippen MR) is 76.1 cm³/mol. The summed E-state index contributed by atoms with van der Waals surface area (Å²) < 4.78 is 1.88. The Balaban J connectivity index is 2.60. The van der Waals surface area contributed by atoms with Crippen molar-refractivity contribution in [3.8, 4) is 0 Å². The lowest BCUT2D eigenvalue weighted by Crippen LogP contribution is -2.33. The molecule has 0 fully saturated rings. The van der Waals surface area contributed by atoms with Gasteiger partial charge in [-0.3, -0.25) is 4.79 Å². The molecule has 0 aliphatic carbocycles. The number of amides is 1. The number of hydrogen-bond acceptors (Lipinski definition) is 2. The molecule has 2 nitrogen and oxygen atoms in total. The molecule has 0 saturated heterocycles. The van der Waals surface area contributed by atoms with Gasteiger partial charge in [0.25, 0.3) is 5.91 Å². The van der Waals surface area contributed by atoms with E-state index in [0.29, 0.717) is 6.54 Å². The molecule has 1 amide bonds. The van der Waals surface area contributed by atoms with Crippen molar-refractivity contribution < 1.29 is 4.79 Å². The molecule has 0 aromatic carbocycles. The SMILES string of the molecule is CCC(C)(C)CNC(=O)c1cc(Br)c(Br)s1. The minimum atomic E-state index is -0.00192. The van der Waals surface area contributed by atoms with Gasteiger partial charge in [-0.2, -0.15) is 0 Å². The van der Waals surface area contributed by atoms with Crippen LogP contribution < -0.4 is 5.32 Å². The maximum absolute atomic E-state index is 11.8. The lowest BCUT2D eigenvalue weighted by molar-refractivity contribution is 0.0940. The van der Waals surface area contributed by atoms with E-state index >= 15 is 0 Å². The molecular formula is C11H15Br2NOS. The van der Waals surface area contributed by atoms with E-state index in [0.717, 1.165) is 19.6 Å². The lowest BCUT2D eigenvalue weighted by atomic mass is 9.90. The molecule has 0 atom stereocenters. The summed E-state index contributed by atoms with van der Waals surface area (Å²) in [6.45, 7) is 7.13. The Morgan fingerprint density at radius 2 is 2.12 bits per heavy atom. The fourth-order valence-electron chi connectivity index (χ4n) is 0.990. The maximum Gasteiger partial charge on any atom is 0.261 e. The third-order valence-electron chi connectivity index (χ3n) is 2.55. The Bertz CT molecular complexity index is 368. The second kappa shape index (κ2) is 5.65. The van der Waals surface area contributed by atoms with Gasteiger partial charge in [0.15, 0.2) is 0 Å². The van der Waals surface area contributed by atoms with E-state index in [9.17, 15) is 4.79 Å². The number of rotatable bonds is 4. The Morgan fingerprint density at radius 3 is 2.56 bits per heavy atom. The van der Waals surface area contributed by atoms with Crippen LogP contribution in [0.5, 0.6) is 0 Å². The highest BCUT2D eigenvalue weighted by Gasteiger charge is 2.18. The van der Waals surface area contributed by atoms with E-state index in [1.807, 2.05) is 6.07 Å². The van der Waals surface area contributed by atoms with Crippen LogP contribution in [0.2, 0.25) is 0 Å². The average molecular weight is 369 g/mol. The highest BCUT2D eigenvalue weighted by atomic mass is 79.9. The van der Waals surface area contributed by atoms with Crippen LogP contribution in [0.1, 0.15) is 36.9 Å². The minimum absolute atomic E-state index is 0.00192. The molecule has 0 saturated carbocycles. The minimum Gasteiger partial charge on any atom is -0.351 e. The Hall–Kier alpha value is 0.130. The van der Waals surface area contributed by atoms with E-state index in [1.54, 1.807) is 0 Å². The molecule has 16 heavy (non-hydrogen) atoms. The van der Waals surface area contributed by atoms with E-state index < -0.39 is 0 Å². The molecule has 5 heteroatoms. The zero-order valence-electron chi connectivity index (χ0n) is 9.56. The smallest absolute Gasteiger partial charge is 0.261 e. The first kappa shape index (κ1) is 14.2. The first-order valence-electron chi connectivity index (χ1n) is 5.09. The number of halogens is 2. The van der Waals surface area contributed by atoms with Crippen LogP contribution >= 0.6 is 43.2 Å². The standard InChI is InChI=1S/C11H15Br2NOS/c1-4-11(2,3)6-14-10(15)8-5-7(12)9(13)16-8/h5H,4,6H2,1-3H3,(H,14,15). The summed E-state index contributed by atoms with van der Waals surface area (Å²) in [6, 6.07) is 1.84. The fraction of sp³-hybridized carbons (Fsp3) is 0.545. The second-order valence-corrected chi connectivity index (χ2v) is 7.66. The molecule has 1 rings (SSSR count). The van der Waals surface area contributed by atoms with Gasteiger partial charge in [0.2, 0.25) is 0 Å². The molecule has 0 unspecified atom stereocenters. The summed E-state index contributed by atoms with van der Waals surface area (Å²) in [6.07, 6.45) is 1.05. The van der Waals surface area contributed by atoms with Gasteiger partial charge in [-0.25, -0.2) is 0 Å². The van der Waals surface area contributed by atoms with E-state index in [-0.39, 0.29) is 11.3 Å². The molecule has 1 N–H and O–H groups in total. The van der Waals surface area contributed by atoms with Crippen LogP contribution in [-0.2, 0) is 0 Å². The third kappa shape index (κ3) is 3.86. The highest BCUT2D eigenvalue weighted by molar-refractivity contribution is 9.13. The second-order valence-electron chi connectivity index (χ2n) is 4.43. The monoisotopic (exact) mass is 367 g/mol. The van der Waals surface area contributed by atoms with Gasteiger partial charge in [-0.15, -0.1) is 11.3 Å². The van der Waals surface area contributed by atoms with Crippen LogP contribution in [0, 0.1) is 5.41 Å². The van der Waals surface area contributed by atoms with E-state index in [4.69, 9.17) is 0 Å². The first-order valence-corrected chi connectivity index (χ1v) is 7.49. The maximum atomic E-state index is 11.8. The van der Waals surface area contributed by atoms with Crippen molar-refractivity contribution in [2.75, 3.05) is 6.54 Å². The topological polar surface area (TPSA) is 29.1 Å². The van der Waals surface area contributed by atoms with Gasteiger partial charge in [0.05, 0.1) is 8.66 Å². The lowest BCUT2D eigenvalue weighted by Gasteiger charge is -2.22. The van der Waals surface area contributed by atoms with Crippen LogP contribution in [0.15, 0.2) is 14.3 Å². The van der Waals surface area contributed by atoms with Crippen LogP contribution in [0.3, 0.4) is 0 Å². The average Bonchev–Trinajstić information content (AvgIpc) is 2.56. The summed E-state index contributed by atoms with van der Waals surface area (Å²) >= 11 is 8.19. The van der Waals surface area contributed by atoms with Crippen molar-refractivity contribution in [1.29, 1.82) is 0 Å². The van der Waals surface area contributed by atoms with E-state index in [2.05, 4.69) is 57.9 Å². The van der Waals surface area contributed by atoms with Gasteiger partial charge in [0, 0.05) is 11.0 Å². The van der Waals surface area contributed by atoms with Crippen molar-refractivity contribution in [1.82, 2.24) is 5.32 Å². The molecule has 90 valence electrons. The molecular weight excluding hydrogens is 354 g/mol. The molecule has 0 spiro atoms. The largest absolute Gasteiger partial charge is 0.351 e. The third-order valence-corrected chi connectivity index (χ3v) is 5.81. The predicted octanol–water partition coefficient (Wildman–Crippen LogP) is 4.44. The summed E-state index contributed by atoms with van der Waals surface area (Å²) in [5, 5.41) is 2.96. The molecule has 0 bridgehead atoms.